The van der Waals surface area contributed by atoms with Crippen LogP contribution in [0.4, 0.5) is 19.0 Å². The Morgan fingerprint density at radius 1 is 1.40 bits per heavy atom. The van der Waals surface area contributed by atoms with Gasteiger partial charge in [-0.2, -0.15) is 0 Å². The van der Waals surface area contributed by atoms with Crippen molar-refractivity contribution in [3.8, 4) is 0 Å². The molecular formula is C6H6F3N3O2S. The lowest BCUT2D eigenvalue weighted by molar-refractivity contribution is 0.141. The molecule has 0 unspecified atom stereocenters. The van der Waals surface area contributed by atoms with Gasteiger partial charge in [0.25, 0.3) is 6.43 Å². The second-order valence-corrected chi connectivity index (χ2v) is 4.09. The maximum atomic E-state index is 13.1. The lowest BCUT2D eigenvalue weighted by Crippen LogP contribution is -2.18. The molecule has 9 heteroatoms. The topological polar surface area (TPSA) is 99.1 Å². The fourth-order valence-electron chi connectivity index (χ4n) is 0.969. The number of primary sulfonamides is 1. The van der Waals surface area contributed by atoms with E-state index in [0.717, 1.165) is 0 Å². The highest BCUT2D eigenvalue weighted by molar-refractivity contribution is 7.89. The highest BCUT2D eigenvalue weighted by Crippen LogP contribution is 2.27. The predicted molar refractivity (Wildman–Crippen MR) is 44.9 cm³/mol. The molecule has 1 aromatic rings. The van der Waals surface area contributed by atoms with E-state index in [2.05, 4.69) is 10.1 Å². The molecule has 0 spiro atoms. The number of sulfonamides is 1. The van der Waals surface area contributed by atoms with E-state index >= 15 is 0 Å². The number of alkyl halides is 2. The van der Waals surface area contributed by atoms with Crippen molar-refractivity contribution in [3.05, 3.63) is 17.6 Å². The summed E-state index contributed by atoms with van der Waals surface area (Å²) in [5.74, 6) is -1.99. The van der Waals surface area contributed by atoms with Crippen LogP contribution in [0.2, 0.25) is 0 Å². The van der Waals surface area contributed by atoms with Crippen LogP contribution in [0.1, 0.15) is 12.1 Å². The van der Waals surface area contributed by atoms with Crippen LogP contribution in [0, 0.1) is 5.82 Å². The molecule has 0 aliphatic heterocycles. The lowest BCUT2D eigenvalue weighted by Gasteiger charge is -2.07. The van der Waals surface area contributed by atoms with Crippen LogP contribution in [0.25, 0.3) is 0 Å². The minimum absolute atomic E-state index is 0.506. The summed E-state index contributed by atoms with van der Waals surface area (Å²) in [6.45, 7) is 0. The summed E-state index contributed by atoms with van der Waals surface area (Å²) in [5, 5.41) is 4.56. The average molecular weight is 241 g/mol. The van der Waals surface area contributed by atoms with Gasteiger partial charge >= 0.3 is 0 Å². The normalized spacial score (nSPS) is 12.1. The molecule has 0 atom stereocenters. The standard InChI is InChI=1S/C6H6F3N3O2S/c7-2-1-3(10)12-4(6(8)9)5(2)15(11,13)14/h1,6H,(H2,10,12)(H2,11,13,14). The Kier molecular flexibility index (Phi) is 2.86. The second-order valence-electron chi connectivity index (χ2n) is 2.59. The molecule has 84 valence electrons. The minimum atomic E-state index is -4.60. The summed E-state index contributed by atoms with van der Waals surface area (Å²) < 4.78 is 59.3. The summed E-state index contributed by atoms with van der Waals surface area (Å²) in [4.78, 5) is 1.70. The van der Waals surface area contributed by atoms with E-state index in [1.54, 1.807) is 0 Å². The van der Waals surface area contributed by atoms with Crippen LogP contribution in [0.3, 0.4) is 0 Å². The van der Waals surface area contributed by atoms with E-state index < -0.39 is 38.7 Å². The van der Waals surface area contributed by atoms with E-state index in [1.807, 2.05) is 0 Å². The maximum Gasteiger partial charge on any atom is 0.281 e. The van der Waals surface area contributed by atoms with Gasteiger partial charge in [-0.25, -0.2) is 31.7 Å². The van der Waals surface area contributed by atoms with Crippen LogP contribution < -0.4 is 10.9 Å². The number of nitrogens with two attached hydrogens (primary N) is 2. The molecule has 0 saturated heterocycles. The molecule has 0 amide bonds. The number of anilines is 1. The van der Waals surface area contributed by atoms with Gasteiger partial charge in [0.1, 0.15) is 22.2 Å². The Balaban J connectivity index is 3.62. The summed E-state index contributed by atoms with van der Waals surface area (Å²) in [7, 11) is -4.60. The first-order chi connectivity index (χ1) is 6.73. The van der Waals surface area contributed by atoms with Crippen molar-refractivity contribution in [2.24, 2.45) is 5.14 Å². The van der Waals surface area contributed by atoms with Crippen molar-refractivity contribution in [1.29, 1.82) is 0 Å². The Labute approximate surface area is 83.0 Å². The molecule has 0 aromatic carbocycles. The fraction of sp³-hybridized carbons (Fsp3) is 0.167. The first kappa shape index (κ1) is 11.7. The number of hydrogen-bond acceptors (Lipinski definition) is 4. The fourth-order valence-corrected chi connectivity index (χ4v) is 1.73. The van der Waals surface area contributed by atoms with Gasteiger partial charge in [-0.1, -0.05) is 0 Å². The van der Waals surface area contributed by atoms with Gasteiger partial charge < -0.3 is 5.73 Å². The van der Waals surface area contributed by atoms with Crippen LogP contribution >= 0.6 is 0 Å². The van der Waals surface area contributed by atoms with Gasteiger partial charge in [-0.05, 0) is 0 Å². The molecule has 1 heterocycles. The van der Waals surface area contributed by atoms with Crippen LogP contribution in [-0.2, 0) is 10.0 Å². The second kappa shape index (κ2) is 3.66. The first-order valence-corrected chi connectivity index (χ1v) is 5.05. The molecule has 1 rings (SSSR count). The van der Waals surface area contributed by atoms with Crippen molar-refractivity contribution in [2.75, 3.05) is 5.73 Å². The number of aromatic nitrogens is 1. The average Bonchev–Trinajstić information content (AvgIpc) is 1.99. The van der Waals surface area contributed by atoms with Gasteiger partial charge in [-0.3, -0.25) is 0 Å². The Hall–Kier alpha value is -1.35. The summed E-state index contributed by atoms with van der Waals surface area (Å²) in [6, 6.07) is 0.506. The minimum Gasteiger partial charge on any atom is -0.384 e. The first-order valence-electron chi connectivity index (χ1n) is 3.50. The third-order valence-electron chi connectivity index (χ3n) is 1.46. The number of halogens is 3. The van der Waals surface area contributed by atoms with Gasteiger partial charge in [0.2, 0.25) is 10.0 Å². The molecule has 1 aromatic heterocycles. The highest BCUT2D eigenvalue weighted by atomic mass is 32.2. The lowest BCUT2D eigenvalue weighted by atomic mass is 10.3. The van der Waals surface area contributed by atoms with E-state index in [1.165, 1.54) is 0 Å². The highest BCUT2D eigenvalue weighted by Gasteiger charge is 2.27. The maximum absolute atomic E-state index is 13.1. The SMILES string of the molecule is Nc1cc(F)c(S(N)(=O)=O)c(C(F)F)n1. The van der Waals surface area contributed by atoms with Crippen molar-refractivity contribution < 1.29 is 21.6 Å². The van der Waals surface area contributed by atoms with Crippen LogP contribution in [0.5, 0.6) is 0 Å². The summed E-state index contributed by atoms with van der Waals surface area (Å²) in [5.41, 5.74) is 3.71. The van der Waals surface area contributed by atoms with Crippen molar-refractivity contribution in [1.82, 2.24) is 4.98 Å². The molecule has 0 fully saturated rings. The molecule has 4 N–H and O–H groups in total. The zero-order valence-corrected chi connectivity index (χ0v) is 7.93. The van der Waals surface area contributed by atoms with E-state index in [4.69, 9.17) is 5.73 Å². The third-order valence-corrected chi connectivity index (χ3v) is 2.44. The van der Waals surface area contributed by atoms with Crippen molar-refractivity contribution in [2.45, 2.75) is 11.3 Å². The van der Waals surface area contributed by atoms with E-state index in [0.29, 0.717) is 6.07 Å². The quantitative estimate of drug-likeness (QED) is 0.782. The molecule has 15 heavy (non-hydrogen) atoms. The molecule has 5 nitrogen and oxygen atoms in total. The molecule has 0 bridgehead atoms. The Morgan fingerprint density at radius 3 is 2.33 bits per heavy atom. The zero-order valence-electron chi connectivity index (χ0n) is 7.12. The van der Waals surface area contributed by atoms with Gasteiger partial charge in [0.05, 0.1) is 0 Å². The number of rotatable bonds is 2. The predicted octanol–water partition coefficient (Wildman–Crippen LogP) is 0.388. The number of hydrogen-bond donors (Lipinski definition) is 2. The van der Waals surface area contributed by atoms with Crippen LogP contribution in [-0.4, -0.2) is 13.4 Å². The van der Waals surface area contributed by atoms with E-state index in [-0.39, 0.29) is 0 Å². The molecular weight excluding hydrogens is 235 g/mol. The van der Waals surface area contributed by atoms with Crippen molar-refractivity contribution >= 4 is 15.8 Å². The molecule has 0 aliphatic rings. The van der Waals surface area contributed by atoms with E-state index in [9.17, 15) is 21.6 Å². The largest absolute Gasteiger partial charge is 0.384 e. The Morgan fingerprint density at radius 2 is 1.93 bits per heavy atom. The molecule has 0 radical (unpaired) electrons. The number of pyridine rings is 1. The summed E-state index contributed by atoms with van der Waals surface area (Å²) >= 11 is 0. The van der Waals surface area contributed by atoms with Gasteiger partial charge in [0.15, 0.2) is 0 Å². The zero-order chi connectivity index (χ0) is 11.8. The summed E-state index contributed by atoms with van der Waals surface area (Å²) in [6.07, 6.45) is -3.28. The van der Waals surface area contributed by atoms with Gasteiger partial charge in [0, 0.05) is 6.07 Å². The number of nitrogen functional groups attached to an aromatic ring is 1. The smallest absolute Gasteiger partial charge is 0.281 e. The van der Waals surface area contributed by atoms with Gasteiger partial charge in [-0.15, -0.1) is 0 Å². The third kappa shape index (κ3) is 2.36. The van der Waals surface area contributed by atoms with Crippen LogP contribution in [0.15, 0.2) is 11.0 Å². The Bertz CT molecular complexity index is 489. The molecule has 0 saturated carbocycles. The molecule has 0 aliphatic carbocycles. The monoisotopic (exact) mass is 241 g/mol. The van der Waals surface area contributed by atoms with Crippen molar-refractivity contribution in [3.63, 3.8) is 0 Å². The number of nitrogens with zero attached hydrogens (tertiary/aromatic N) is 1.